The zero-order chi connectivity index (χ0) is 13.9. The highest BCUT2D eigenvalue weighted by Gasteiger charge is 2.43. The lowest BCUT2D eigenvalue weighted by Gasteiger charge is -2.31. The first-order chi connectivity index (χ1) is 8.31. The number of carbonyl (C=O) groups is 2. The van der Waals surface area contributed by atoms with E-state index in [1.165, 1.54) is 0 Å². The fourth-order valence-corrected chi connectivity index (χ4v) is 2.30. The minimum Gasteiger partial charge on any atom is -0.481 e. The maximum atomic E-state index is 12.3. The number of carboxylic acids is 1. The minimum atomic E-state index is -0.815. The van der Waals surface area contributed by atoms with Gasteiger partial charge in [0.05, 0.1) is 5.41 Å². The van der Waals surface area contributed by atoms with E-state index < -0.39 is 11.4 Å². The van der Waals surface area contributed by atoms with Gasteiger partial charge in [-0.05, 0) is 33.6 Å². The Labute approximate surface area is 109 Å². The first-order valence-corrected chi connectivity index (χ1v) is 6.60. The zero-order valence-corrected chi connectivity index (χ0v) is 11.8. The number of urea groups is 1. The number of nitrogens with zero attached hydrogens (tertiary/aromatic N) is 2. The van der Waals surface area contributed by atoms with Gasteiger partial charge in [-0.1, -0.05) is 6.92 Å². The second kappa shape index (κ2) is 5.59. The van der Waals surface area contributed by atoms with Crippen LogP contribution in [0.5, 0.6) is 0 Å². The molecule has 0 aromatic carbocycles. The molecule has 1 unspecified atom stereocenters. The number of likely N-dealkylation sites (tertiary alicyclic amines) is 1. The summed E-state index contributed by atoms with van der Waals surface area (Å²) in [5.41, 5.74) is -0.787. The second-order valence-electron chi connectivity index (χ2n) is 5.61. The number of aliphatic carboxylic acids is 1. The Hall–Kier alpha value is -1.26. The van der Waals surface area contributed by atoms with Crippen LogP contribution in [0.2, 0.25) is 0 Å². The van der Waals surface area contributed by atoms with Gasteiger partial charge in [-0.15, -0.1) is 0 Å². The van der Waals surface area contributed by atoms with Crippen LogP contribution in [0.1, 0.15) is 40.5 Å². The molecule has 0 aromatic heterocycles. The molecule has 1 heterocycles. The van der Waals surface area contributed by atoms with Crippen LogP contribution in [0.15, 0.2) is 0 Å². The third-order valence-corrected chi connectivity index (χ3v) is 3.59. The van der Waals surface area contributed by atoms with E-state index in [9.17, 15) is 14.7 Å². The highest BCUT2D eigenvalue weighted by atomic mass is 16.4. The first kappa shape index (κ1) is 14.8. The Morgan fingerprint density at radius 1 is 1.44 bits per heavy atom. The average molecular weight is 256 g/mol. The van der Waals surface area contributed by atoms with Crippen LogP contribution in [0, 0.1) is 5.41 Å². The van der Waals surface area contributed by atoms with Gasteiger partial charge < -0.3 is 14.9 Å². The summed E-state index contributed by atoms with van der Waals surface area (Å²) in [5, 5.41) is 9.17. The molecule has 0 aliphatic carbocycles. The van der Waals surface area contributed by atoms with E-state index in [1.807, 2.05) is 25.7 Å². The Balaban J connectivity index is 2.71. The summed E-state index contributed by atoms with van der Waals surface area (Å²) in [7, 11) is 0. The van der Waals surface area contributed by atoms with E-state index >= 15 is 0 Å². The number of hydrogen-bond donors (Lipinski definition) is 1. The fourth-order valence-electron chi connectivity index (χ4n) is 2.30. The van der Waals surface area contributed by atoms with E-state index in [4.69, 9.17) is 0 Å². The van der Waals surface area contributed by atoms with Gasteiger partial charge in [-0.3, -0.25) is 4.79 Å². The van der Waals surface area contributed by atoms with Gasteiger partial charge in [0.2, 0.25) is 0 Å². The Kier molecular flexibility index (Phi) is 4.59. The number of amides is 2. The standard InChI is InChI=1S/C13H24N2O3/c1-5-7-15(10(2)3)12(18)14-8-6-13(4,9-14)11(16)17/h10H,5-9H2,1-4H3,(H,16,17). The summed E-state index contributed by atoms with van der Waals surface area (Å²) in [6.45, 7) is 9.29. The van der Waals surface area contributed by atoms with E-state index in [0.29, 0.717) is 19.5 Å². The van der Waals surface area contributed by atoms with Gasteiger partial charge in [0.1, 0.15) is 0 Å². The van der Waals surface area contributed by atoms with E-state index in [2.05, 4.69) is 0 Å². The summed E-state index contributed by atoms with van der Waals surface area (Å²) < 4.78 is 0. The van der Waals surface area contributed by atoms with Crippen molar-refractivity contribution in [3.63, 3.8) is 0 Å². The minimum absolute atomic E-state index is 0.0307. The van der Waals surface area contributed by atoms with Crippen molar-refractivity contribution in [1.29, 1.82) is 0 Å². The molecule has 1 saturated heterocycles. The largest absolute Gasteiger partial charge is 0.481 e. The van der Waals surface area contributed by atoms with Crippen molar-refractivity contribution in [2.75, 3.05) is 19.6 Å². The van der Waals surface area contributed by atoms with Crippen molar-refractivity contribution in [1.82, 2.24) is 9.80 Å². The van der Waals surface area contributed by atoms with Crippen LogP contribution in [0.3, 0.4) is 0 Å². The van der Waals surface area contributed by atoms with Crippen LogP contribution in [-0.4, -0.2) is 52.6 Å². The molecule has 1 atom stereocenters. The average Bonchev–Trinajstić information content (AvgIpc) is 2.69. The van der Waals surface area contributed by atoms with Crippen molar-refractivity contribution >= 4 is 12.0 Å². The molecule has 2 amide bonds. The van der Waals surface area contributed by atoms with Gasteiger partial charge in [-0.2, -0.15) is 0 Å². The quantitative estimate of drug-likeness (QED) is 0.837. The molecular formula is C13H24N2O3. The molecule has 0 bridgehead atoms. The molecular weight excluding hydrogens is 232 g/mol. The third-order valence-electron chi connectivity index (χ3n) is 3.59. The molecule has 5 nitrogen and oxygen atoms in total. The lowest BCUT2D eigenvalue weighted by Crippen LogP contribution is -2.46. The molecule has 1 rings (SSSR count). The maximum Gasteiger partial charge on any atom is 0.320 e. The van der Waals surface area contributed by atoms with E-state index in [0.717, 1.165) is 13.0 Å². The highest BCUT2D eigenvalue weighted by Crippen LogP contribution is 2.30. The molecule has 1 fully saturated rings. The van der Waals surface area contributed by atoms with Crippen LogP contribution in [0.4, 0.5) is 4.79 Å². The summed E-state index contributed by atoms with van der Waals surface area (Å²) in [6.07, 6.45) is 1.44. The van der Waals surface area contributed by atoms with E-state index in [-0.39, 0.29) is 12.1 Å². The van der Waals surface area contributed by atoms with Gasteiger partial charge in [0.25, 0.3) is 0 Å². The summed E-state index contributed by atoms with van der Waals surface area (Å²) in [6, 6.07) is 0.117. The van der Waals surface area contributed by atoms with Crippen molar-refractivity contribution < 1.29 is 14.7 Å². The molecule has 0 saturated carbocycles. The van der Waals surface area contributed by atoms with Gasteiger partial charge >= 0.3 is 12.0 Å². The normalized spacial score (nSPS) is 23.5. The first-order valence-electron chi connectivity index (χ1n) is 6.60. The zero-order valence-electron chi connectivity index (χ0n) is 11.8. The van der Waals surface area contributed by atoms with Crippen molar-refractivity contribution in [3.05, 3.63) is 0 Å². The van der Waals surface area contributed by atoms with Crippen LogP contribution < -0.4 is 0 Å². The number of carbonyl (C=O) groups excluding carboxylic acids is 1. The van der Waals surface area contributed by atoms with Gasteiger partial charge in [-0.25, -0.2) is 4.79 Å². The number of rotatable bonds is 4. The SMILES string of the molecule is CCCN(C(=O)N1CCC(C)(C(=O)O)C1)C(C)C. The molecule has 0 radical (unpaired) electrons. The Bertz CT molecular complexity index is 330. The van der Waals surface area contributed by atoms with Crippen LogP contribution >= 0.6 is 0 Å². The van der Waals surface area contributed by atoms with Crippen molar-refractivity contribution in [2.45, 2.75) is 46.6 Å². The van der Waals surface area contributed by atoms with Gasteiger partial charge in [0, 0.05) is 25.7 Å². The smallest absolute Gasteiger partial charge is 0.320 e. The molecule has 1 aliphatic rings. The van der Waals surface area contributed by atoms with Crippen molar-refractivity contribution in [3.8, 4) is 0 Å². The molecule has 1 aliphatic heterocycles. The molecule has 5 heteroatoms. The van der Waals surface area contributed by atoms with Crippen LogP contribution in [-0.2, 0) is 4.79 Å². The molecule has 0 aromatic rings. The highest BCUT2D eigenvalue weighted by molar-refractivity contribution is 5.79. The summed E-state index contributed by atoms with van der Waals surface area (Å²) in [5.74, 6) is -0.815. The predicted molar refractivity (Wildman–Crippen MR) is 69.5 cm³/mol. The van der Waals surface area contributed by atoms with E-state index in [1.54, 1.807) is 11.8 Å². The molecule has 18 heavy (non-hydrogen) atoms. The summed E-state index contributed by atoms with van der Waals surface area (Å²) >= 11 is 0. The second-order valence-corrected chi connectivity index (χ2v) is 5.61. The summed E-state index contributed by atoms with van der Waals surface area (Å²) in [4.78, 5) is 27.0. The molecule has 104 valence electrons. The number of hydrogen-bond acceptors (Lipinski definition) is 2. The van der Waals surface area contributed by atoms with Gasteiger partial charge in [0.15, 0.2) is 0 Å². The molecule has 1 N–H and O–H groups in total. The lowest BCUT2D eigenvalue weighted by atomic mass is 9.90. The fraction of sp³-hybridized carbons (Fsp3) is 0.846. The lowest BCUT2D eigenvalue weighted by molar-refractivity contribution is -0.147. The molecule has 0 spiro atoms. The predicted octanol–water partition coefficient (Wildman–Crippen LogP) is 2.02. The number of carboxylic acid groups (broad SMARTS) is 1. The Morgan fingerprint density at radius 3 is 2.44 bits per heavy atom. The third kappa shape index (κ3) is 2.94. The van der Waals surface area contributed by atoms with Crippen LogP contribution in [0.25, 0.3) is 0 Å². The monoisotopic (exact) mass is 256 g/mol. The Morgan fingerprint density at radius 2 is 2.06 bits per heavy atom. The maximum absolute atomic E-state index is 12.3. The van der Waals surface area contributed by atoms with Crippen molar-refractivity contribution in [2.24, 2.45) is 5.41 Å². The topological polar surface area (TPSA) is 60.9 Å².